The molecule has 0 bridgehead atoms. The van der Waals surface area contributed by atoms with Gasteiger partial charge in [-0.1, -0.05) is 56.8 Å². The lowest BCUT2D eigenvalue weighted by molar-refractivity contribution is -0.155. The third kappa shape index (κ3) is 7.10. The number of carbonyl (C=O) groups excluding carboxylic acids is 2. The van der Waals surface area contributed by atoms with Crippen LogP contribution in [0.25, 0.3) is 10.9 Å². The number of rotatable bonds is 7. The van der Waals surface area contributed by atoms with E-state index >= 15 is 0 Å². The average molecular weight is 601 g/mol. The minimum absolute atomic E-state index is 0.148. The monoisotopic (exact) mass is 598 g/mol. The Kier molecular flexibility index (Phi) is 9.08. The Morgan fingerprint density at radius 1 is 1.11 bits per heavy atom. The van der Waals surface area contributed by atoms with E-state index in [1.807, 2.05) is 32.9 Å². The van der Waals surface area contributed by atoms with Gasteiger partial charge in [-0.3, -0.25) is 9.59 Å². The fourth-order valence-corrected chi connectivity index (χ4v) is 5.08. The number of benzene rings is 2. The Hall–Kier alpha value is -1.86. The summed E-state index contributed by atoms with van der Waals surface area (Å²) >= 11 is 22.7. The molecule has 1 aromatic heterocycles. The zero-order chi connectivity index (χ0) is 25.9. The van der Waals surface area contributed by atoms with Gasteiger partial charge in [0.2, 0.25) is 0 Å². The van der Waals surface area contributed by atoms with Gasteiger partial charge in [0, 0.05) is 38.8 Å². The molecule has 5 nitrogen and oxygen atoms in total. The highest BCUT2D eigenvalue weighted by Gasteiger charge is 2.24. The predicted molar refractivity (Wildman–Crippen MR) is 146 cm³/mol. The topological polar surface area (TPSA) is 68.3 Å². The highest BCUT2D eigenvalue weighted by atomic mass is 79.9. The van der Waals surface area contributed by atoms with Gasteiger partial charge in [-0.15, -0.1) is 0 Å². The number of hydrogen-bond acceptors (Lipinski definition) is 4. The minimum Gasteiger partial charge on any atom is -0.460 e. The van der Waals surface area contributed by atoms with E-state index in [0.29, 0.717) is 44.1 Å². The standard InChI is InChI=1S/C26H26BrCl3N2O3/c1-14-22(17-12-16(27)9-10-20(17)32-24(14)30)25(34)31-13-15(8-11-21(33)35-26(2,3)4)23-18(28)6-5-7-19(23)29/h5-7,9-10,12,15H,8,11,13H2,1-4H3,(H,31,34). The number of halogens is 4. The fraction of sp³-hybridized carbons (Fsp3) is 0.346. The van der Waals surface area contributed by atoms with Crippen LogP contribution < -0.4 is 5.32 Å². The molecule has 0 aliphatic heterocycles. The van der Waals surface area contributed by atoms with E-state index in [-0.39, 0.29) is 35.9 Å². The number of ether oxygens (including phenoxy) is 1. The molecule has 0 saturated carbocycles. The van der Waals surface area contributed by atoms with Crippen molar-refractivity contribution in [1.82, 2.24) is 10.3 Å². The van der Waals surface area contributed by atoms with Crippen LogP contribution in [-0.2, 0) is 9.53 Å². The number of amides is 1. The number of pyridine rings is 1. The molecule has 1 heterocycles. The number of fused-ring (bicyclic) bond motifs is 1. The molecule has 35 heavy (non-hydrogen) atoms. The fourth-order valence-electron chi connectivity index (χ4n) is 3.83. The molecule has 1 N–H and O–H groups in total. The van der Waals surface area contributed by atoms with Crippen LogP contribution in [0.15, 0.2) is 40.9 Å². The van der Waals surface area contributed by atoms with Crippen molar-refractivity contribution in [2.45, 2.75) is 52.1 Å². The van der Waals surface area contributed by atoms with Crippen LogP contribution in [0.4, 0.5) is 0 Å². The molecule has 0 aliphatic carbocycles. The summed E-state index contributed by atoms with van der Waals surface area (Å²) in [6.45, 7) is 7.42. The van der Waals surface area contributed by atoms with E-state index in [1.165, 1.54) is 0 Å². The Bertz CT molecular complexity index is 1250. The van der Waals surface area contributed by atoms with Crippen molar-refractivity contribution in [2.75, 3.05) is 6.54 Å². The van der Waals surface area contributed by atoms with E-state index in [0.717, 1.165) is 4.47 Å². The van der Waals surface area contributed by atoms with Gasteiger partial charge >= 0.3 is 5.97 Å². The van der Waals surface area contributed by atoms with Crippen LogP contribution in [-0.4, -0.2) is 29.0 Å². The maximum atomic E-state index is 13.4. The van der Waals surface area contributed by atoms with Crippen molar-refractivity contribution in [1.29, 1.82) is 0 Å². The van der Waals surface area contributed by atoms with Gasteiger partial charge in [0.05, 0.1) is 11.1 Å². The second kappa shape index (κ2) is 11.5. The molecule has 186 valence electrons. The number of aromatic nitrogens is 1. The molecule has 2 aromatic carbocycles. The number of carbonyl (C=O) groups is 2. The molecular formula is C26H26BrCl3N2O3. The molecule has 0 aliphatic rings. The highest BCUT2D eigenvalue weighted by Crippen LogP contribution is 2.35. The molecule has 0 spiro atoms. The Morgan fingerprint density at radius 2 is 1.77 bits per heavy atom. The third-order valence-corrected chi connectivity index (χ3v) is 6.91. The first kappa shape index (κ1) is 27.7. The number of nitrogens with one attached hydrogen (secondary N) is 1. The van der Waals surface area contributed by atoms with Crippen molar-refractivity contribution in [3.63, 3.8) is 0 Å². The molecular weight excluding hydrogens is 575 g/mol. The molecule has 1 amide bonds. The number of esters is 1. The first-order chi connectivity index (χ1) is 16.4. The summed E-state index contributed by atoms with van der Waals surface area (Å²) in [5.74, 6) is -0.951. The quantitative estimate of drug-likeness (QED) is 0.221. The lowest BCUT2D eigenvalue weighted by Crippen LogP contribution is -2.30. The number of hydrogen-bond donors (Lipinski definition) is 1. The van der Waals surface area contributed by atoms with Crippen LogP contribution in [0.2, 0.25) is 15.2 Å². The van der Waals surface area contributed by atoms with Crippen LogP contribution in [0.3, 0.4) is 0 Å². The maximum absolute atomic E-state index is 13.4. The van der Waals surface area contributed by atoms with Gasteiger partial charge in [-0.25, -0.2) is 4.98 Å². The first-order valence-corrected chi connectivity index (χ1v) is 13.0. The molecule has 9 heteroatoms. The lowest BCUT2D eigenvalue weighted by atomic mass is 9.93. The van der Waals surface area contributed by atoms with Crippen LogP contribution in [0.5, 0.6) is 0 Å². The van der Waals surface area contributed by atoms with Crippen LogP contribution in [0, 0.1) is 6.92 Å². The third-order valence-electron chi connectivity index (χ3n) is 5.39. The van der Waals surface area contributed by atoms with Gasteiger partial charge < -0.3 is 10.1 Å². The smallest absolute Gasteiger partial charge is 0.306 e. The summed E-state index contributed by atoms with van der Waals surface area (Å²) in [6.07, 6.45) is 0.538. The summed E-state index contributed by atoms with van der Waals surface area (Å²) in [5.41, 5.74) is 1.73. The number of nitrogens with zero attached hydrogens (tertiary/aromatic N) is 1. The first-order valence-electron chi connectivity index (χ1n) is 11.1. The average Bonchev–Trinajstić information content (AvgIpc) is 2.74. The van der Waals surface area contributed by atoms with Gasteiger partial charge in [-0.2, -0.15) is 0 Å². The maximum Gasteiger partial charge on any atom is 0.306 e. The second-order valence-corrected chi connectivity index (χ2v) is 11.3. The van der Waals surface area contributed by atoms with Gasteiger partial charge in [-0.05, 0) is 75.6 Å². The van der Waals surface area contributed by atoms with E-state index in [9.17, 15) is 9.59 Å². The molecule has 0 radical (unpaired) electrons. The zero-order valence-electron chi connectivity index (χ0n) is 19.8. The Balaban J connectivity index is 1.89. The SMILES string of the molecule is Cc1c(Cl)nc2ccc(Br)cc2c1C(=O)NCC(CCC(=O)OC(C)(C)C)c1c(Cl)cccc1Cl. The summed E-state index contributed by atoms with van der Waals surface area (Å²) in [6, 6.07) is 10.7. The normalized spacial score (nSPS) is 12.5. The van der Waals surface area contributed by atoms with Crippen molar-refractivity contribution in [3.05, 3.63) is 72.8 Å². The molecule has 1 unspecified atom stereocenters. The zero-order valence-corrected chi connectivity index (χ0v) is 23.7. The van der Waals surface area contributed by atoms with E-state index in [1.54, 1.807) is 31.2 Å². The van der Waals surface area contributed by atoms with E-state index in [2.05, 4.69) is 26.2 Å². The van der Waals surface area contributed by atoms with Crippen molar-refractivity contribution in [2.24, 2.45) is 0 Å². The van der Waals surface area contributed by atoms with Gasteiger partial charge in [0.1, 0.15) is 10.8 Å². The molecule has 3 aromatic rings. The van der Waals surface area contributed by atoms with Crippen molar-refractivity contribution < 1.29 is 14.3 Å². The van der Waals surface area contributed by atoms with E-state index < -0.39 is 5.60 Å². The summed E-state index contributed by atoms with van der Waals surface area (Å²) in [7, 11) is 0. The largest absolute Gasteiger partial charge is 0.460 e. The van der Waals surface area contributed by atoms with Gasteiger partial charge in [0.25, 0.3) is 5.91 Å². The summed E-state index contributed by atoms with van der Waals surface area (Å²) in [5, 5.41) is 4.88. The molecule has 3 rings (SSSR count). The van der Waals surface area contributed by atoms with Gasteiger partial charge in [0.15, 0.2) is 0 Å². The lowest BCUT2D eigenvalue weighted by Gasteiger charge is -2.23. The summed E-state index contributed by atoms with van der Waals surface area (Å²) < 4.78 is 6.27. The Labute approximate surface area is 228 Å². The predicted octanol–water partition coefficient (Wildman–Crippen LogP) is 7.90. The van der Waals surface area contributed by atoms with E-state index in [4.69, 9.17) is 39.5 Å². The highest BCUT2D eigenvalue weighted by molar-refractivity contribution is 9.10. The molecule has 0 fully saturated rings. The molecule has 1 atom stereocenters. The second-order valence-electron chi connectivity index (χ2n) is 9.23. The summed E-state index contributed by atoms with van der Waals surface area (Å²) in [4.78, 5) is 30.2. The van der Waals surface area contributed by atoms with Crippen LogP contribution >= 0.6 is 50.7 Å². The Morgan fingerprint density at radius 3 is 2.40 bits per heavy atom. The van der Waals surface area contributed by atoms with Crippen LogP contribution in [0.1, 0.15) is 61.0 Å². The minimum atomic E-state index is -0.587. The van der Waals surface area contributed by atoms with Crippen molar-refractivity contribution in [3.8, 4) is 0 Å². The molecule has 0 saturated heterocycles. The van der Waals surface area contributed by atoms with Crippen molar-refractivity contribution >= 4 is 73.5 Å².